The van der Waals surface area contributed by atoms with E-state index < -0.39 is 71.9 Å². The second kappa shape index (κ2) is 26.2. The van der Waals surface area contributed by atoms with E-state index in [1.807, 2.05) is 20.8 Å². The van der Waals surface area contributed by atoms with E-state index in [2.05, 4.69) is 41.2 Å². The summed E-state index contributed by atoms with van der Waals surface area (Å²) in [5.41, 5.74) is -2.09. The quantitative estimate of drug-likeness (QED) is 0.0482. The smallest absolute Gasteiger partial charge is 0.467 e. The van der Waals surface area contributed by atoms with Crippen molar-refractivity contribution in [2.45, 2.75) is 122 Å². The zero-order valence-corrected chi connectivity index (χ0v) is 42.0. The van der Waals surface area contributed by atoms with Crippen molar-refractivity contribution in [1.29, 1.82) is 0 Å². The van der Waals surface area contributed by atoms with E-state index in [4.69, 9.17) is 9.47 Å². The molecule has 1 fully saturated rings. The number of nitrogens with one attached hydrogen (secondary N) is 5. The normalized spacial score (nSPS) is 15.2. The van der Waals surface area contributed by atoms with Gasteiger partial charge in [-0.15, -0.1) is 0 Å². The summed E-state index contributed by atoms with van der Waals surface area (Å²) < 4.78 is 51.5. The summed E-state index contributed by atoms with van der Waals surface area (Å²) in [6.07, 6.45) is -3.01. The number of hydrogen-bond acceptors (Lipinski definition) is 16. The number of ether oxygens (including phenoxy) is 2. The van der Waals surface area contributed by atoms with Crippen LogP contribution in [-0.2, 0) is 49.6 Å². The number of carbonyl (C=O) groups excluding carboxylic acids is 8. The van der Waals surface area contributed by atoms with Gasteiger partial charge in [-0.25, -0.2) is 14.8 Å². The number of likely N-dealkylation sites (tertiary alicyclic amines) is 1. The van der Waals surface area contributed by atoms with Gasteiger partial charge in [-0.1, -0.05) is 42.4 Å². The van der Waals surface area contributed by atoms with Crippen molar-refractivity contribution in [1.82, 2.24) is 40.8 Å². The van der Waals surface area contributed by atoms with Gasteiger partial charge in [0, 0.05) is 73.0 Å². The van der Waals surface area contributed by atoms with Crippen LogP contribution in [0.2, 0.25) is 0 Å². The van der Waals surface area contributed by atoms with Crippen LogP contribution in [0.5, 0.6) is 0 Å². The Bertz CT molecular complexity index is 2480. The SMILES string of the molecule is CC[C@@H]1C[C@@H](OC(=O)CCC(=O)NC)CN1C(=O)CCC(C)(C)SSCCNC(=O)CC[C@@H](NC(=O)c1ccc(N(Cc2cnc3nc(NC(=O)C(C)C)[nH]c(=O)c3n2)C(=O)C(F)(F)F)cc1)C(=O)OC. The number of anilines is 2. The van der Waals surface area contributed by atoms with Crippen LogP contribution >= 0.6 is 21.6 Å². The number of H-pyrrole nitrogens is 1. The average Bonchev–Trinajstić information content (AvgIpc) is 3.74. The number of methoxy groups -OCH3 is 1. The van der Waals surface area contributed by atoms with Crippen molar-refractivity contribution < 1.29 is 61.0 Å². The first-order valence-corrected chi connectivity index (χ1v) is 25.0. The Labute approximate surface area is 415 Å². The minimum absolute atomic E-state index is 0.0305. The number of carbonyl (C=O) groups is 8. The molecule has 3 aromatic rings. The Morgan fingerprint density at radius 1 is 0.986 bits per heavy atom. The fraction of sp³-hybridized carbons (Fsp3) is 0.556. The van der Waals surface area contributed by atoms with Gasteiger partial charge in [0.25, 0.3) is 11.5 Å². The third-order valence-corrected chi connectivity index (χ3v) is 14.3. The molecule has 2 aromatic heterocycles. The number of fused-ring (bicyclic) bond motifs is 1. The van der Waals surface area contributed by atoms with Crippen LogP contribution in [0.25, 0.3) is 11.2 Å². The molecule has 0 aliphatic carbocycles. The van der Waals surface area contributed by atoms with Gasteiger partial charge in [-0.2, -0.15) is 18.2 Å². The molecule has 1 aliphatic rings. The molecule has 0 saturated carbocycles. The molecule has 26 heteroatoms. The van der Waals surface area contributed by atoms with Gasteiger partial charge in [-0.05, 0) is 57.4 Å². The van der Waals surface area contributed by atoms with Crippen molar-refractivity contribution in [2.75, 3.05) is 43.2 Å². The lowest BCUT2D eigenvalue weighted by molar-refractivity contribution is -0.170. The lowest BCUT2D eigenvalue weighted by Crippen LogP contribution is -2.42. The molecule has 5 N–H and O–H groups in total. The van der Waals surface area contributed by atoms with Crippen molar-refractivity contribution in [3.8, 4) is 0 Å². The topological polar surface area (TPSA) is 281 Å². The summed E-state index contributed by atoms with van der Waals surface area (Å²) in [7, 11) is 5.65. The number of aromatic nitrogens is 4. The minimum Gasteiger partial charge on any atom is -0.467 e. The molecule has 3 atom stereocenters. The highest BCUT2D eigenvalue weighted by molar-refractivity contribution is 8.77. The Balaban J connectivity index is 1.25. The third-order valence-electron chi connectivity index (χ3n) is 11.0. The minimum atomic E-state index is -5.35. The van der Waals surface area contributed by atoms with Crippen LogP contribution in [0.3, 0.4) is 0 Å². The molecule has 6 amide bonds. The number of alkyl halides is 3. The second-order valence-electron chi connectivity index (χ2n) is 17.3. The van der Waals surface area contributed by atoms with Crippen LogP contribution in [0.4, 0.5) is 24.8 Å². The number of aromatic amines is 1. The lowest BCUT2D eigenvalue weighted by Gasteiger charge is -2.27. The molecule has 1 aliphatic heterocycles. The van der Waals surface area contributed by atoms with Crippen LogP contribution < -0.4 is 31.7 Å². The van der Waals surface area contributed by atoms with Gasteiger partial charge in [-0.3, -0.25) is 53.6 Å². The van der Waals surface area contributed by atoms with Gasteiger partial charge < -0.3 is 30.3 Å². The molecule has 3 heterocycles. The fourth-order valence-electron chi connectivity index (χ4n) is 7.00. The number of hydrogen-bond donors (Lipinski definition) is 5. The molecule has 0 unspecified atom stereocenters. The standard InChI is InChI=1S/C45H59F3N10O11S2/c1-8-28-21-30(69-35(62)16-15-32(59)49-6)24-57(28)34(61)17-18-44(4,5)71-70-20-19-50-33(60)14-13-31(41(66)68-7)53-39(64)26-9-11-29(12-10-26)58(42(67)45(46,47)48)23-27-22-51-37-36(52-27)40(65)56-43(54-37)55-38(63)25(2)3/h9-12,22,25,28,30-31H,8,13-21,23-24H2,1-7H3,(H,49,59)(H,50,60)(H,53,64)(H2,51,54,55,56,63,65)/t28-,30-,31-/m1/s1. The number of benzene rings is 1. The summed E-state index contributed by atoms with van der Waals surface area (Å²) in [5.74, 6) is -5.75. The molecule has 0 bridgehead atoms. The Morgan fingerprint density at radius 2 is 1.69 bits per heavy atom. The largest absolute Gasteiger partial charge is 0.471 e. The van der Waals surface area contributed by atoms with E-state index in [-0.39, 0.29) is 95.3 Å². The van der Waals surface area contributed by atoms with E-state index in [0.29, 0.717) is 36.5 Å². The molecule has 388 valence electrons. The number of amides is 6. The summed E-state index contributed by atoms with van der Waals surface area (Å²) in [6.45, 7) is 8.99. The Kier molecular flexibility index (Phi) is 21.2. The molecular formula is C45H59F3N10O11S2. The van der Waals surface area contributed by atoms with Gasteiger partial charge in [0.05, 0.1) is 38.5 Å². The average molecular weight is 1040 g/mol. The first-order chi connectivity index (χ1) is 33.4. The molecule has 71 heavy (non-hydrogen) atoms. The second-order valence-corrected chi connectivity index (χ2v) is 20.4. The molecule has 21 nitrogen and oxygen atoms in total. The lowest BCUT2D eigenvalue weighted by atomic mass is 10.1. The van der Waals surface area contributed by atoms with Crippen molar-refractivity contribution in [3.63, 3.8) is 0 Å². The van der Waals surface area contributed by atoms with Crippen LogP contribution in [0, 0.1) is 5.92 Å². The summed E-state index contributed by atoms with van der Waals surface area (Å²) in [6, 6.07) is 3.04. The summed E-state index contributed by atoms with van der Waals surface area (Å²) in [5, 5.41) is 10.1. The Hall–Kier alpha value is -6.31. The van der Waals surface area contributed by atoms with Gasteiger partial charge in [0.2, 0.25) is 29.6 Å². The molecule has 1 aromatic carbocycles. The maximum absolute atomic E-state index is 13.8. The highest BCUT2D eigenvalue weighted by Crippen LogP contribution is 2.39. The first kappa shape index (κ1) is 57.3. The van der Waals surface area contributed by atoms with Crippen LogP contribution in [-0.4, -0.2) is 134 Å². The number of nitrogens with zero attached hydrogens (tertiary/aromatic N) is 5. The van der Waals surface area contributed by atoms with Gasteiger partial charge >= 0.3 is 24.0 Å². The fourth-order valence-corrected chi connectivity index (χ4v) is 9.48. The summed E-state index contributed by atoms with van der Waals surface area (Å²) in [4.78, 5) is 130. The van der Waals surface area contributed by atoms with E-state index in [1.165, 1.54) is 17.8 Å². The highest BCUT2D eigenvalue weighted by atomic mass is 33.1. The number of rotatable bonds is 24. The van der Waals surface area contributed by atoms with Crippen molar-refractivity contribution in [2.24, 2.45) is 5.92 Å². The van der Waals surface area contributed by atoms with E-state index >= 15 is 0 Å². The summed E-state index contributed by atoms with van der Waals surface area (Å²) >= 11 is 0. The number of halogens is 3. The van der Waals surface area contributed by atoms with Gasteiger partial charge in [0.15, 0.2) is 11.2 Å². The molecule has 4 rings (SSSR count). The monoisotopic (exact) mass is 1040 g/mol. The predicted octanol–water partition coefficient (Wildman–Crippen LogP) is 3.96. The number of esters is 2. The van der Waals surface area contributed by atoms with Crippen LogP contribution in [0.15, 0.2) is 35.3 Å². The van der Waals surface area contributed by atoms with Crippen molar-refractivity contribution >= 4 is 91.8 Å². The maximum Gasteiger partial charge on any atom is 0.471 e. The molecule has 0 spiro atoms. The van der Waals surface area contributed by atoms with Crippen molar-refractivity contribution in [3.05, 3.63) is 52.1 Å². The molecule has 0 radical (unpaired) electrons. The van der Waals surface area contributed by atoms with E-state index in [1.54, 1.807) is 29.5 Å². The van der Waals surface area contributed by atoms with Crippen LogP contribution in [0.1, 0.15) is 102 Å². The maximum atomic E-state index is 13.8. The highest BCUT2D eigenvalue weighted by Gasteiger charge is 2.43. The molecular weight excluding hydrogens is 978 g/mol. The van der Waals surface area contributed by atoms with Gasteiger partial charge in [0.1, 0.15) is 12.1 Å². The molecule has 1 saturated heterocycles. The zero-order chi connectivity index (χ0) is 52.6. The zero-order valence-electron chi connectivity index (χ0n) is 40.4. The first-order valence-electron chi connectivity index (χ1n) is 22.7. The Morgan fingerprint density at radius 3 is 2.32 bits per heavy atom. The van der Waals surface area contributed by atoms with E-state index in [0.717, 1.165) is 37.6 Å². The van der Waals surface area contributed by atoms with E-state index in [9.17, 15) is 56.3 Å². The predicted molar refractivity (Wildman–Crippen MR) is 258 cm³/mol. The third kappa shape index (κ3) is 17.5.